The normalized spacial score (nSPS) is 23.6. The van der Waals surface area contributed by atoms with E-state index in [2.05, 4.69) is 4.98 Å². The molecule has 2 aliphatic heterocycles. The van der Waals surface area contributed by atoms with Gasteiger partial charge in [-0.3, -0.25) is 4.79 Å². The summed E-state index contributed by atoms with van der Waals surface area (Å²) in [6.45, 7) is 3.28. The van der Waals surface area contributed by atoms with Crippen molar-refractivity contribution in [3.63, 3.8) is 0 Å². The topological polar surface area (TPSA) is 59.8 Å². The van der Waals surface area contributed by atoms with Crippen LogP contribution < -0.4 is 20.1 Å². The third-order valence-corrected chi connectivity index (χ3v) is 5.85. The lowest BCUT2D eigenvalue weighted by molar-refractivity contribution is 0.0676. The van der Waals surface area contributed by atoms with Gasteiger partial charge < -0.3 is 19.3 Å². The van der Waals surface area contributed by atoms with E-state index in [-0.39, 0.29) is 18.3 Å². The Labute approximate surface area is 178 Å². The maximum absolute atomic E-state index is 14.8. The molecule has 2 aromatic rings. The van der Waals surface area contributed by atoms with Gasteiger partial charge >= 0.3 is 0 Å². The fraction of sp³-hybridized carbons (Fsp3) is 0.524. The van der Waals surface area contributed by atoms with Crippen LogP contribution in [0.15, 0.2) is 29.1 Å². The van der Waals surface area contributed by atoms with Crippen LogP contribution in [0.1, 0.15) is 18.8 Å². The van der Waals surface area contributed by atoms with Crippen molar-refractivity contribution in [1.29, 1.82) is 0 Å². The molecule has 1 saturated heterocycles. The number of fused-ring (bicyclic) bond motifs is 1. The summed E-state index contributed by atoms with van der Waals surface area (Å²) >= 11 is 0. The van der Waals surface area contributed by atoms with Gasteiger partial charge in [-0.1, -0.05) is 12.1 Å². The average Bonchev–Trinajstić information content (AvgIpc) is 2.80. The van der Waals surface area contributed by atoms with E-state index < -0.39 is 29.9 Å². The predicted molar refractivity (Wildman–Crippen MR) is 110 cm³/mol. The lowest BCUT2D eigenvalue weighted by Crippen LogP contribution is -2.53. The number of hydrogen-bond acceptors (Lipinski definition) is 6. The van der Waals surface area contributed by atoms with Crippen molar-refractivity contribution in [1.82, 2.24) is 9.55 Å². The molecule has 1 aromatic carbocycles. The van der Waals surface area contributed by atoms with Crippen LogP contribution in [0.4, 0.5) is 24.9 Å². The monoisotopic (exact) mass is 438 g/mol. The Bertz CT molecular complexity index is 979. The van der Waals surface area contributed by atoms with Crippen molar-refractivity contribution in [2.45, 2.75) is 31.9 Å². The fourth-order valence-corrected chi connectivity index (χ4v) is 3.97. The van der Waals surface area contributed by atoms with Gasteiger partial charge in [0.25, 0.3) is 5.56 Å². The summed E-state index contributed by atoms with van der Waals surface area (Å²) in [6.07, 6.45) is -3.79. The molecule has 31 heavy (non-hydrogen) atoms. The molecular formula is C21H25F3N4O3. The molecule has 0 aliphatic carbocycles. The highest BCUT2D eigenvalue weighted by atomic mass is 19.2. The van der Waals surface area contributed by atoms with E-state index in [9.17, 15) is 18.0 Å². The Morgan fingerprint density at radius 1 is 1.19 bits per heavy atom. The van der Waals surface area contributed by atoms with Gasteiger partial charge in [0.2, 0.25) is 18.1 Å². The van der Waals surface area contributed by atoms with Gasteiger partial charge in [0, 0.05) is 19.6 Å². The Hall–Kier alpha value is -2.75. The van der Waals surface area contributed by atoms with Crippen molar-refractivity contribution < 1.29 is 22.6 Å². The molecule has 0 spiro atoms. The van der Waals surface area contributed by atoms with E-state index >= 15 is 0 Å². The molecule has 0 N–H and O–H groups in total. The van der Waals surface area contributed by atoms with Crippen LogP contribution in [0.5, 0.6) is 5.75 Å². The van der Waals surface area contributed by atoms with Crippen molar-refractivity contribution in [3.05, 3.63) is 46.0 Å². The van der Waals surface area contributed by atoms with Crippen LogP contribution in [-0.2, 0) is 11.2 Å². The van der Waals surface area contributed by atoms with Crippen LogP contribution in [-0.4, -0.2) is 61.7 Å². The van der Waals surface area contributed by atoms with Crippen LogP contribution >= 0.6 is 0 Å². The first-order chi connectivity index (χ1) is 14.9. The molecular weight excluding hydrogens is 413 g/mol. The van der Waals surface area contributed by atoms with Crippen molar-refractivity contribution in [2.24, 2.45) is 0 Å². The first kappa shape index (κ1) is 21.5. The molecule has 1 aromatic heterocycles. The molecule has 3 heterocycles. The molecule has 0 amide bonds. The number of nitrogens with zero attached hydrogens (tertiary/aromatic N) is 4. The van der Waals surface area contributed by atoms with Crippen molar-refractivity contribution in [2.75, 3.05) is 49.8 Å². The maximum Gasteiger partial charge on any atom is 0.295 e. The van der Waals surface area contributed by atoms with Gasteiger partial charge in [-0.05, 0) is 31.0 Å². The lowest BCUT2D eigenvalue weighted by Gasteiger charge is -2.40. The van der Waals surface area contributed by atoms with Crippen molar-refractivity contribution in [3.8, 4) is 5.75 Å². The molecule has 168 valence electrons. The van der Waals surface area contributed by atoms with Crippen LogP contribution in [0, 0.1) is 5.82 Å². The predicted octanol–water partition coefficient (Wildman–Crippen LogP) is 2.49. The summed E-state index contributed by atoms with van der Waals surface area (Å²) in [4.78, 5) is 20.1. The average molecular weight is 438 g/mol. The second-order valence-electron chi connectivity index (χ2n) is 7.67. The number of rotatable bonds is 5. The van der Waals surface area contributed by atoms with E-state index in [1.54, 1.807) is 18.9 Å². The number of aromatic nitrogens is 2. The summed E-state index contributed by atoms with van der Waals surface area (Å²) in [7, 11) is 1.57. The van der Waals surface area contributed by atoms with E-state index in [1.807, 2.05) is 24.3 Å². The minimum atomic E-state index is -2.30. The zero-order valence-corrected chi connectivity index (χ0v) is 17.4. The largest absolute Gasteiger partial charge is 0.497 e. The van der Waals surface area contributed by atoms with Crippen LogP contribution in [0.2, 0.25) is 0 Å². The molecule has 3 atom stereocenters. The Kier molecular flexibility index (Phi) is 6.08. The second-order valence-corrected chi connectivity index (χ2v) is 7.67. The Balaban J connectivity index is 1.70. The molecule has 3 unspecified atom stereocenters. The fourth-order valence-electron chi connectivity index (χ4n) is 3.97. The summed E-state index contributed by atoms with van der Waals surface area (Å²) < 4.78 is 55.2. The Morgan fingerprint density at radius 3 is 2.52 bits per heavy atom. The standard InChI is InChI=1S/C21H25F3N4O3/c1-13-16(22)18(24)28-20(29)17(23)19(26-9-11-31-12-10-26)25-21(28)27(13)8-7-14-3-5-15(30-2)6-4-14/h3-6,13,16,18H,7-12H2,1-2H3. The quantitative estimate of drug-likeness (QED) is 0.715. The molecule has 4 rings (SSSR count). The highest BCUT2D eigenvalue weighted by Crippen LogP contribution is 2.34. The van der Waals surface area contributed by atoms with Crippen LogP contribution in [0.25, 0.3) is 0 Å². The number of morpholine rings is 1. The summed E-state index contributed by atoms with van der Waals surface area (Å²) in [5.41, 5.74) is -0.252. The highest BCUT2D eigenvalue weighted by molar-refractivity contribution is 5.48. The first-order valence-electron chi connectivity index (χ1n) is 10.2. The molecule has 1 fully saturated rings. The molecule has 0 bridgehead atoms. The van der Waals surface area contributed by atoms with Gasteiger partial charge in [-0.25, -0.2) is 13.3 Å². The number of anilines is 2. The molecule has 10 heteroatoms. The van der Waals surface area contributed by atoms with Gasteiger partial charge in [0.1, 0.15) is 5.75 Å². The zero-order valence-electron chi connectivity index (χ0n) is 17.4. The van der Waals surface area contributed by atoms with Gasteiger partial charge in [-0.15, -0.1) is 0 Å². The Morgan fingerprint density at radius 2 is 1.87 bits per heavy atom. The van der Waals surface area contributed by atoms with E-state index in [0.717, 1.165) is 5.56 Å². The van der Waals surface area contributed by atoms with Gasteiger partial charge in [0.15, 0.2) is 12.0 Å². The lowest BCUT2D eigenvalue weighted by atomic mass is 10.1. The zero-order chi connectivity index (χ0) is 22.1. The number of halogens is 3. The maximum atomic E-state index is 14.8. The highest BCUT2D eigenvalue weighted by Gasteiger charge is 2.42. The third-order valence-electron chi connectivity index (χ3n) is 5.85. The number of ether oxygens (including phenoxy) is 2. The number of hydrogen-bond donors (Lipinski definition) is 0. The summed E-state index contributed by atoms with van der Waals surface area (Å²) in [5, 5.41) is 0. The van der Waals surface area contributed by atoms with E-state index in [4.69, 9.17) is 9.47 Å². The summed E-state index contributed by atoms with van der Waals surface area (Å²) in [6, 6.07) is 6.51. The summed E-state index contributed by atoms with van der Waals surface area (Å²) in [5.74, 6) is -0.672. The first-order valence-corrected chi connectivity index (χ1v) is 10.2. The van der Waals surface area contributed by atoms with E-state index in [0.29, 0.717) is 43.0 Å². The van der Waals surface area contributed by atoms with E-state index in [1.165, 1.54) is 4.90 Å². The number of benzene rings is 1. The molecule has 0 radical (unpaired) electrons. The molecule has 0 saturated carbocycles. The van der Waals surface area contributed by atoms with Gasteiger partial charge in [-0.2, -0.15) is 9.37 Å². The van der Waals surface area contributed by atoms with Gasteiger partial charge in [0.05, 0.1) is 26.4 Å². The molecule has 7 nitrogen and oxygen atoms in total. The number of methoxy groups -OCH3 is 1. The second kappa shape index (κ2) is 8.78. The number of alkyl halides is 2. The minimum absolute atomic E-state index is 0.0599. The third kappa shape index (κ3) is 3.96. The van der Waals surface area contributed by atoms with Crippen molar-refractivity contribution >= 4 is 11.8 Å². The smallest absolute Gasteiger partial charge is 0.295 e. The molecule has 2 aliphatic rings. The van der Waals surface area contributed by atoms with Crippen LogP contribution in [0.3, 0.4) is 0 Å². The minimum Gasteiger partial charge on any atom is -0.497 e. The SMILES string of the molecule is COc1ccc(CCN2c3nc(N4CCOCC4)c(F)c(=O)n3C(F)C(F)C2C)cc1.